The molecule has 2 aromatic rings. The minimum Gasteiger partial charge on any atom is -0.461 e. The van der Waals surface area contributed by atoms with E-state index in [1.54, 1.807) is 0 Å². The largest absolute Gasteiger partial charge is 0.461 e. The Morgan fingerprint density at radius 2 is 1.83 bits per heavy atom. The summed E-state index contributed by atoms with van der Waals surface area (Å²) in [6.07, 6.45) is 7.72. The SMILES string of the molecule is Cc1ccc(-c2ccc(CC3=NCN(C4CCCCC4)C3)o2)cc1. The summed E-state index contributed by atoms with van der Waals surface area (Å²) < 4.78 is 6.05. The molecular formula is C21H26N2O. The van der Waals surface area contributed by atoms with Gasteiger partial charge >= 0.3 is 0 Å². The van der Waals surface area contributed by atoms with Gasteiger partial charge in [0.1, 0.15) is 11.5 Å². The van der Waals surface area contributed by atoms with Crippen LogP contribution in [0.4, 0.5) is 0 Å². The molecule has 4 rings (SSSR count). The number of furan rings is 1. The Kier molecular flexibility index (Phi) is 4.52. The Bertz CT molecular complexity index is 708. The van der Waals surface area contributed by atoms with E-state index in [2.05, 4.69) is 48.2 Å². The van der Waals surface area contributed by atoms with Crippen LogP contribution in [0, 0.1) is 6.92 Å². The fraction of sp³-hybridized carbons (Fsp3) is 0.476. The molecule has 1 aliphatic heterocycles. The Morgan fingerprint density at radius 3 is 2.62 bits per heavy atom. The lowest BCUT2D eigenvalue weighted by atomic mass is 9.94. The van der Waals surface area contributed by atoms with E-state index in [-0.39, 0.29) is 0 Å². The first-order valence-corrected chi connectivity index (χ1v) is 9.20. The zero-order valence-corrected chi connectivity index (χ0v) is 14.5. The highest BCUT2D eigenvalue weighted by molar-refractivity contribution is 5.89. The van der Waals surface area contributed by atoms with Crippen molar-refractivity contribution < 1.29 is 4.42 Å². The highest BCUT2D eigenvalue weighted by Gasteiger charge is 2.25. The minimum atomic E-state index is 0.750. The summed E-state index contributed by atoms with van der Waals surface area (Å²) in [5.74, 6) is 1.97. The molecule has 0 unspecified atom stereocenters. The first-order chi connectivity index (χ1) is 11.8. The molecule has 1 aliphatic carbocycles. The van der Waals surface area contributed by atoms with E-state index in [1.165, 1.54) is 43.4 Å². The summed E-state index contributed by atoms with van der Waals surface area (Å²) in [5.41, 5.74) is 3.68. The van der Waals surface area contributed by atoms with E-state index >= 15 is 0 Å². The lowest BCUT2D eigenvalue weighted by Gasteiger charge is -2.30. The van der Waals surface area contributed by atoms with Crippen molar-refractivity contribution in [1.82, 2.24) is 4.90 Å². The minimum absolute atomic E-state index is 0.750. The molecule has 0 saturated heterocycles. The summed E-state index contributed by atoms with van der Waals surface area (Å²) in [7, 11) is 0. The molecule has 3 nitrogen and oxygen atoms in total. The number of aliphatic imine (C=N–C) groups is 1. The van der Waals surface area contributed by atoms with Crippen LogP contribution >= 0.6 is 0 Å². The predicted molar refractivity (Wildman–Crippen MR) is 98.5 cm³/mol. The maximum atomic E-state index is 6.05. The van der Waals surface area contributed by atoms with Crippen molar-refractivity contribution in [2.45, 2.75) is 51.5 Å². The van der Waals surface area contributed by atoms with Crippen LogP contribution in [0.5, 0.6) is 0 Å². The van der Waals surface area contributed by atoms with E-state index in [4.69, 9.17) is 9.41 Å². The smallest absolute Gasteiger partial charge is 0.134 e. The second-order valence-corrected chi connectivity index (χ2v) is 7.21. The van der Waals surface area contributed by atoms with Crippen LogP contribution in [0.3, 0.4) is 0 Å². The first-order valence-electron chi connectivity index (χ1n) is 9.20. The third-order valence-corrected chi connectivity index (χ3v) is 5.33. The Labute approximate surface area is 144 Å². The summed E-state index contributed by atoms with van der Waals surface area (Å²) in [6.45, 7) is 4.00. The third kappa shape index (κ3) is 3.46. The second kappa shape index (κ2) is 6.94. The lowest BCUT2D eigenvalue weighted by molar-refractivity contribution is 0.193. The van der Waals surface area contributed by atoms with Crippen LogP contribution < -0.4 is 0 Å². The molecule has 126 valence electrons. The molecule has 1 fully saturated rings. The first kappa shape index (κ1) is 15.6. The van der Waals surface area contributed by atoms with Crippen molar-refractivity contribution in [2.24, 2.45) is 4.99 Å². The molecule has 24 heavy (non-hydrogen) atoms. The van der Waals surface area contributed by atoms with Gasteiger partial charge < -0.3 is 4.42 Å². The van der Waals surface area contributed by atoms with Gasteiger partial charge in [0, 0.05) is 30.3 Å². The van der Waals surface area contributed by atoms with Gasteiger partial charge in [0.05, 0.1) is 6.67 Å². The monoisotopic (exact) mass is 322 g/mol. The van der Waals surface area contributed by atoms with Crippen LogP contribution in [0.2, 0.25) is 0 Å². The van der Waals surface area contributed by atoms with Crippen LogP contribution in [0.1, 0.15) is 43.4 Å². The molecule has 0 radical (unpaired) electrons. The Hall–Kier alpha value is -1.87. The summed E-state index contributed by atoms with van der Waals surface area (Å²) in [6, 6.07) is 13.4. The molecule has 1 aromatic heterocycles. The van der Waals surface area contributed by atoms with Crippen LogP contribution in [0.15, 0.2) is 45.8 Å². The summed E-state index contributed by atoms with van der Waals surface area (Å²) in [5, 5.41) is 0. The molecule has 0 spiro atoms. The molecule has 2 heterocycles. The number of nitrogens with zero attached hydrogens (tertiary/aromatic N) is 2. The van der Waals surface area contributed by atoms with Crippen molar-refractivity contribution in [2.75, 3.05) is 13.2 Å². The average molecular weight is 322 g/mol. The van der Waals surface area contributed by atoms with Crippen molar-refractivity contribution in [3.8, 4) is 11.3 Å². The van der Waals surface area contributed by atoms with E-state index in [0.29, 0.717) is 0 Å². The predicted octanol–water partition coefficient (Wildman–Crippen LogP) is 4.84. The van der Waals surface area contributed by atoms with Gasteiger partial charge in [-0.2, -0.15) is 0 Å². The molecule has 3 heteroatoms. The van der Waals surface area contributed by atoms with Gasteiger partial charge in [0.2, 0.25) is 0 Å². The maximum absolute atomic E-state index is 6.05. The zero-order valence-electron chi connectivity index (χ0n) is 14.5. The number of rotatable bonds is 4. The molecule has 0 bridgehead atoms. The highest BCUT2D eigenvalue weighted by Crippen LogP contribution is 2.26. The molecule has 1 saturated carbocycles. The summed E-state index contributed by atoms with van der Waals surface area (Å²) >= 11 is 0. The van der Waals surface area contributed by atoms with Gasteiger partial charge in [0.15, 0.2) is 0 Å². The van der Waals surface area contributed by atoms with E-state index in [9.17, 15) is 0 Å². The fourth-order valence-electron chi connectivity index (χ4n) is 3.87. The van der Waals surface area contributed by atoms with Crippen molar-refractivity contribution in [3.05, 3.63) is 47.7 Å². The number of benzene rings is 1. The third-order valence-electron chi connectivity index (χ3n) is 5.33. The lowest BCUT2D eigenvalue weighted by Crippen LogP contribution is -2.36. The number of aryl methyl sites for hydroxylation is 1. The van der Waals surface area contributed by atoms with Crippen molar-refractivity contribution in [1.29, 1.82) is 0 Å². The standard InChI is InChI=1S/C21H26N2O/c1-16-7-9-17(10-8-16)21-12-11-20(24-21)13-18-14-23(15-22-18)19-5-3-2-4-6-19/h7-12,19H,2-6,13-15H2,1H3. The maximum Gasteiger partial charge on any atom is 0.134 e. The normalized spacial score (nSPS) is 19.6. The molecule has 0 amide bonds. The highest BCUT2D eigenvalue weighted by atomic mass is 16.3. The van der Waals surface area contributed by atoms with Gasteiger partial charge in [-0.25, -0.2) is 0 Å². The van der Waals surface area contributed by atoms with Crippen LogP contribution in [-0.4, -0.2) is 29.9 Å². The molecule has 2 aliphatic rings. The van der Waals surface area contributed by atoms with Gasteiger partial charge in [0.25, 0.3) is 0 Å². The van der Waals surface area contributed by atoms with E-state index < -0.39 is 0 Å². The fourth-order valence-corrected chi connectivity index (χ4v) is 3.87. The van der Waals surface area contributed by atoms with Crippen molar-refractivity contribution >= 4 is 5.71 Å². The quantitative estimate of drug-likeness (QED) is 0.805. The zero-order chi connectivity index (χ0) is 16.4. The van der Waals surface area contributed by atoms with Crippen molar-refractivity contribution in [3.63, 3.8) is 0 Å². The summed E-state index contributed by atoms with van der Waals surface area (Å²) in [4.78, 5) is 7.32. The van der Waals surface area contributed by atoms with Crippen LogP contribution in [-0.2, 0) is 6.42 Å². The van der Waals surface area contributed by atoms with Gasteiger partial charge in [-0.1, -0.05) is 49.1 Å². The Morgan fingerprint density at radius 1 is 1.04 bits per heavy atom. The second-order valence-electron chi connectivity index (χ2n) is 7.21. The van der Waals surface area contributed by atoms with E-state index in [0.717, 1.165) is 42.8 Å². The van der Waals surface area contributed by atoms with Gasteiger partial charge in [-0.3, -0.25) is 9.89 Å². The number of hydrogen-bond donors (Lipinski definition) is 0. The Balaban J connectivity index is 1.37. The topological polar surface area (TPSA) is 28.7 Å². The molecular weight excluding hydrogens is 296 g/mol. The van der Waals surface area contributed by atoms with Gasteiger partial charge in [-0.15, -0.1) is 0 Å². The van der Waals surface area contributed by atoms with E-state index in [1.807, 2.05) is 0 Å². The molecule has 0 N–H and O–H groups in total. The van der Waals surface area contributed by atoms with Gasteiger partial charge in [-0.05, 0) is 31.9 Å². The molecule has 0 atom stereocenters. The van der Waals surface area contributed by atoms with Crippen LogP contribution in [0.25, 0.3) is 11.3 Å². The average Bonchev–Trinajstić information content (AvgIpc) is 3.27. The molecule has 1 aromatic carbocycles. The number of hydrogen-bond acceptors (Lipinski definition) is 3.